The topological polar surface area (TPSA) is 66.8 Å². The first-order valence-corrected chi connectivity index (χ1v) is 8.73. The van der Waals surface area contributed by atoms with Gasteiger partial charge in [0.25, 0.3) is 0 Å². The molecule has 24 heavy (non-hydrogen) atoms. The first-order valence-electron chi connectivity index (χ1n) is 7.74. The summed E-state index contributed by atoms with van der Waals surface area (Å²) in [5.74, 6) is 1.11. The van der Waals surface area contributed by atoms with E-state index in [1.54, 1.807) is 12.1 Å². The van der Waals surface area contributed by atoms with Crippen molar-refractivity contribution in [1.29, 1.82) is 0 Å². The third kappa shape index (κ3) is 4.45. The SMILES string of the molecule is Cc1cc(SCC(=O)O)cc(C)c1Oc1ccc(O)c(C(C)C)c1. The highest BCUT2D eigenvalue weighted by Gasteiger charge is 2.12. The minimum absolute atomic E-state index is 0.0365. The van der Waals surface area contributed by atoms with Crippen molar-refractivity contribution in [2.45, 2.75) is 38.5 Å². The predicted molar refractivity (Wildman–Crippen MR) is 96.5 cm³/mol. The molecule has 0 atom stereocenters. The number of aryl methyl sites for hydroxylation is 2. The van der Waals surface area contributed by atoms with Gasteiger partial charge in [0, 0.05) is 10.5 Å². The van der Waals surface area contributed by atoms with Gasteiger partial charge in [-0.15, -0.1) is 11.8 Å². The van der Waals surface area contributed by atoms with Crippen molar-refractivity contribution in [1.82, 2.24) is 0 Å². The van der Waals surface area contributed by atoms with Crippen LogP contribution in [-0.4, -0.2) is 21.9 Å². The summed E-state index contributed by atoms with van der Waals surface area (Å²) in [6, 6.07) is 9.10. The zero-order chi connectivity index (χ0) is 17.9. The number of carboxylic acid groups (broad SMARTS) is 1. The van der Waals surface area contributed by atoms with Gasteiger partial charge in [0.05, 0.1) is 5.75 Å². The maximum atomic E-state index is 10.7. The Morgan fingerprint density at radius 2 is 1.79 bits per heavy atom. The standard InChI is InChI=1S/C19H22O4S/c1-11(2)16-9-14(5-6-17(16)20)23-19-12(3)7-15(8-13(19)4)24-10-18(21)22/h5-9,11,20H,10H2,1-4H3,(H,21,22). The molecule has 0 bridgehead atoms. The number of hydrogen-bond acceptors (Lipinski definition) is 4. The second-order valence-corrected chi connectivity index (χ2v) is 7.09. The van der Waals surface area contributed by atoms with E-state index < -0.39 is 5.97 Å². The van der Waals surface area contributed by atoms with Gasteiger partial charge in [-0.1, -0.05) is 13.8 Å². The molecule has 0 saturated carbocycles. The van der Waals surface area contributed by atoms with Crippen LogP contribution in [0.5, 0.6) is 17.2 Å². The van der Waals surface area contributed by atoms with Crippen LogP contribution in [0.2, 0.25) is 0 Å². The highest BCUT2D eigenvalue weighted by atomic mass is 32.2. The molecule has 0 aliphatic heterocycles. The van der Waals surface area contributed by atoms with E-state index in [-0.39, 0.29) is 17.4 Å². The van der Waals surface area contributed by atoms with E-state index in [1.807, 2.05) is 45.9 Å². The number of phenols is 1. The van der Waals surface area contributed by atoms with E-state index in [4.69, 9.17) is 9.84 Å². The van der Waals surface area contributed by atoms with Crippen molar-refractivity contribution < 1.29 is 19.7 Å². The largest absolute Gasteiger partial charge is 0.508 e. The summed E-state index contributed by atoms with van der Waals surface area (Å²) in [6.45, 7) is 7.92. The van der Waals surface area contributed by atoms with Crippen molar-refractivity contribution in [3.05, 3.63) is 47.0 Å². The van der Waals surface area contributed by atoms with Crippen molar-refractivity contribution >= 4 is 17.7 Å². The lowest BCUT2D eigenvalue weighted by atomic mass is 10.0. The minimum atomic E-state index is -0.832. The number of rotatable bonds is 6. The van der Waals surface area contributed by atoms with E-state index in [0.29, 0.717) is 5.75 Å². The molecule has 0 unspecified atom stereocenters. The van der Waals surface area contributed by atoms with E-state index in [2.05, 4.69) is 0 Å². The zero-order valence-corrected chi connectivity index (χ0v) is 15.1. The van der Waals surface area contributed by atoms with Gasteiger partial charge < -0.3 is 14.9 Å². The average molecular weight is 346 g/mol. The average Bonchev–Trinajstić information content (AvgIpc) is 2.50. The normalized spacial score (nSPS) is 10.9. The molecule has 0 fully saturated rings. The number of thioether (sulfide) groups is 1. The van der Waals surface area contributed by atoms with Gasteiger partial charge in [0.15, 0.2) is 0 Å². The van der Waals surface area contributed by atoms with Gasteiger partial charge in [0.1, 0.15) is 17.2 Å². The molecular weight excluding hydrogens is 324 g/mol. The lowest BCUT2D eigenvalue weighted by Crippen LogP contribution is -1.98. The molecule has 0 aliphatic rings. The Morgan fingerprint density at radius 1 is 1.17 bits per heavy atom. The molecule has 0 amide bonds. The second-order valence-electron chi connectivity index (χ2n) is 6.05. The Hall–Kier alpha value is -2.14. The molecule has 2 rings (SSSR count). The lowest BCUT2D eigenvalue weighted by Gasteiger charge is -2.15. The smallest absolute Gasteiger partial charge is 0.313 e. The molecule has 2 N–H and O–H groups in total. The maximum Gasteiger partial charge on any atom is 0.313 e. The quantitative estimate of drug-likeness (QED) is 0.712. The van der Waals surface area contributed by atoms with Crippen LogP contribution in [0.3, 0.4) is 0 Å². The Balaban J connectivity index is 2.27. The molecule has 0 aliphatic carbocycles. The number of benzene rings is 2. The molecule has 0 radical (unpaired) electrons. The van der Waals surface area contributed by atoms with E-state index in [0.717, 1.165) is 27.3 Å². The van der Waals surface area contributed by atoms with Crippen molar-refractivity contribution in [2.75, 3.05) is 5.75 Å². The highest BCUT2D eigenvalue weighted by Crippen LogP contribution is 2.35. The molecule has 0 saturated heterocycles. The Kier molecular flexibility index (Phi) is 5.78. The monoisotopic (exact) mass is 346 g/mol. The van der Waals surface area contributed by atoms with Crippen LogP contribution in [0, 0.1) is 13.8 Å². The summed E-state index contributed by atoms with van der Waals surface area (Å²) in [5.41, 5.74) is 2.74. The van der Waals surface area contributed by atoms with Gasteiger partial charge in [0.2, 0.25) is 0 Å². The van der Waals surface area contributed by atoms with Crippen LogP contribution in [0.4, 0.5) is 0 Å². The number of carboxylic acids is 1. The summed E-state index contributed by atoms with van der Waals surface area (Å²) in [4.78, 5) is 11.6. The lowest BCUT2D eigenvalue weighted by molar-refractivity contribution is -0.133. The van der Waals surface area contributed by atoms with Crippen LogP contribution in [0.25, 0.3) is 0 Å². The number of aromatic hydroxyl groups is 1. The third-order valence-electron chi connectivity index (χ3n) is 3.64. The number of hydrogen-bond donors (Lipinski definition) is 2. The molecular formula is C19H22O4S. The van der Waals surface area contributed by atoms with Crippen molar-refractivity contribution in [3.8, 4) is 17.2 Å². The van der Waals surface area contributed by atoms with Gasteiger partial charge in [-0.3, -0.25) is 4.79 Å². The van der Waals surface area contributed by atoms with E-state index in [9.17, 15) is 9.90 Å². The Bertz CT molecular complexity index is 730. The highest BCUT2D eigenvalue weighted by molar-refractivity contribution is 8.00. The minimum Gasteiger partial charge on any atom is -0.508 e. The number of phenolic OH excluding ortho intramolecular Hbond substituents is 1. The first kappa shape index (κ1) is 18.2. The molecule has 128 valence electrons. The first-order chi connectivity index (χ1) is 11.3. The molecule has 5 heteroatoms. The van der Waals surface area contributed by atoms with Crippen LogP contribution < -0.4 is 4.74 Å². The van der Waals surface area contributed by atoms with E-state index >= 15 is 0 Å². The predicted octanol–water partition coefficient (Wildman–Crippen LogP) is 5.10. The summed E-state index contributed by atoms with van der Waals surface area (Å²) >= 11 is 1.29. The van der Waals surface area contributed by atoms with E-state index in [1.165, 1.54) is 11.8 Å². The number of aliphatic carboxylic acids is 1. The zero-order valence-electron chi connectivity index (χ0n) is 14.3. The van der Waals surface area contributed by atoms with Crippen LogP contribution in [0.1, 0.15) is 36.5 Å². The van der Waals surface area contributed by atoms with Gasteiger partial charge >= 0.3 is 5.97 Å². The van der Waals surface area contributed by atoms with Crippen molar-refractivity contribution in [3.63, 3.8) is 0 Å². The van der Waals surface area contributed by atoms with Crippen LogP contribution in [-0.2, 0) is 4.79 Å². The molecule has 0 heterocycles. The summed E-state index contributed by atoms with van der Waals surface area (Å²) in [5, 5.41) is 18.7. The Labute approximate surface area is 146 Å². The Morgan fingerprint density at radius 3 is 2.33 bits per heavy atom. The fourth-order valence-electron chi connectivity index (χ4n) is 2.48. The molecule has 0 aromatic heterocycles. The van der Waals surface area contributed by atoms with Crippen molar-refractivity contribution in [2.24, 2.45) is 0 Å². The molecule has 0 spiro atoms. The molecule has 2 aromatic carbocycles. The third-order valence-corrected chi connectivity index (χ3v) is 4.60. The summed E-state index contributed by atoms with van der Waals surface area (Å²) < 4.78 is 6.03. The molecule has 4 nitrogen and oxygen atoms in total. The van der Waals surface area contributed by atoms with Crippen LogP contribution in [0.15, 0.2) is 35.2 Å². The fraction of sp³-hybridized carbons (Fsp3) is 0.316. The van der Waals surface area contributed by atoms with Gasteiger partial charge in [-0.25, -0.2) is 0 Å². The number of carbonyl (C=O) groups is 1. The fourth-order valence-corrected chi connectivity index (χ4v) is 3.29. The molecule has 2 aromatic rings. The van der Waals surface area contributed by atoms with Gasteiger partial charge in [-0.05, 0) is 61.2 Å². The maximum absolute atomic E-state index is 10.7. The van der Waals surface area contributed by atoms with Gasteiger partial charge in [-0.2, -0.15) is 0 Å². The number of ether oxygens (including phenoxy) is 1. The van der Waals surface area contributed by atoms with Crippen LogP contribution >= 0.6 is 11.8 Å². The summed E-state index contributed by atoms with van der Waals surface area (Å²) in [7, 11) is 0. The second kappa shape index (κ2) is 7.62. The summed E-state index contributed by atoms with van der Waals surface area (Å²) in [6.07, 6.45) is 0.